The van der Waals surface area contributed by atoms with Gasteiger partial charge in [-0.15, -0.1) is 0 Å². The molecule has 1 amide bonds. The van der Waals surface area contributed by atoms with Crippen LogP contribution in [-0.4, -0.2) is 38.9 Å². The quantitative estimate of drug-likeness (QED) is 0.398. The Morgan fingerprint density at radius 1 is 1.09 bits per heavy atom. The number of amides is 1. The molecule has 1 unspecified atom stereocenters. The minimum absolute atomic E-state index is 0.00985. The third-order valence-electron chi connectivity index (χ3n) is 6.20. The van der Waals surface area contributed by atoms with Crippen LogP contribution < -0.4 is 4.74 Å². The number of aromatic hydroxyl groups is 1. The number of aliphatic hydroxyl groups is 1. The summed E-state index contributed by atoms with van der Waals surface area (Å²) in [5.41, 5.74) is 1.94. The van der Waals surface area contributed by atoms with Crippen LogP contribution >= 0.6 is 0 Å². The van der Waals surface area contributed by atoms with Crippen LogP contribution in [0.1, 0.15) is 62.3 Å². The molecule has 0 radical (unpaired) electrons. The van der Waals surface area contributed by atoms with E-state index < -0.39 is 17.7 Å². The van der Waals surface area contributed by atoms with Crippen molar-refractivity contribution < 1.29 is 24.5 Å². The summed E-state index contributed by atoms with van der Waals surface area (Å²) in [6.45, 7) is 5.75. The summed E-state index contributed by atoms with van der Waals surface area (Å²) < 4.78 is 5.78. The highest BCUT2D eigenvalue weighted by molar-refractivity contribution is 6.46. The van der Waals surface area contributed by atoms with Gasteiger partial charge in [0.1, 0.15) is 17.3 Å². The highest BCUT2D eigenvalue weighted by atomic mass is 16.5. The zero-order valence-electron chi connectivity index (χ0n) is 18.7. The Labute approximate surface area is 188 Å². The summed E-state index contributed by atoms with van der Waals surface area (Å²) in [6, 6.07) is 11.0. The highest BCUT2D eigenvalue weighted by Crippen LogP contribution is 2.44. The molecule has 1 aliphatic carbocycles. The first-order chi connectivity index (χ1) is 15.3. The van der Waals surface area contributed by atoms with Gasteiger partial charge in [0.05, 0.1) is 17.7 Å². The van der Waals surface area contributed by atoms with Gasteiger partial charge in [-0.05, 0) is 75.1 Å². The monoisotopic (exact) mass is 435 g/mol. The predicted octanol–water partition coefficient (Wildman–Crippen LogP) is 4.85. The average Bonchev–Trinajstić information content (AvgIpc) is 3.36. The van der Waals surface area contributed by atoms with Crippen LogP contribution in [0.5, 0.6) is 11.5 Å². The molecule has 2 aromatic rings. The number of phenolic OH excluding ortho intramolecular Hbond substituents is 1. The number of hydrogen-bond acceptors (Lipinski definition) is 5. The third kappa shape index (κ3) is 3.97. The summed E-state index contributed by atoms with van der Waals surface area (Å²) >= 11 is 0. The van der Waals surface area contributed by atoms with Crippen LogP contribution in [0, 0.1) is 6.92 Å². The number of carbonyl (C=O) groups excluding carboxylic acids is 2. The molecule has 2 N–H and O–H groups in total. The van der Waals surface area contributed by atoms with Crippen LogP contribution in [0.4, 0.5) is 0 Å². The van der Waals surface area contributed by atoms with Crippen molar-refractivity contribution in [2.75, 3.05) is 0 Å². The van der Waals surface area contributed by atoms with Gasteiger partial charge in [0, 0.05) is 11.6 Å². The van der Waals surface area contributed by atoms with Crippen molar-refractivity contribution >= 4 is 17.4 Å². The van der Waals surface area contributed by atoms with Gasteiger partial charge in [-0.3, -0.25) is 9.59 Å². The van der Waals surface area contributed by atoms with E-state index in [2.05, 4.69) is 0 Å². The fourth-order valence-corrected chi connectivity index (χ4v) is 4.77. The van der Waals surface area contributed by atoms with Crippen molar-refractivity contribution in [1.29, 1.82) is 0 Å². The standard InChI is InChI=1S/C26H29NO5/c1-15(2)32-21-12-11-18(13-16(21)3)24(29)22-23(17-7-6-10-20(28)14-17)27(26(31)25(22)30)19-8-4-5-9-19/h6-7,10-15,19,23,28-29H,4-5,8-9H2,1-3H3/b24-22-. The summed E-state index contributed by atoms with van der Waals surface area (Å²) in [5, 5.41) is 21.3. The Morgan fingerprint density at radius 2 is 1.81 bits per heavy atom. The zero-order chi connectivity index (χ0) is 23.0. The number of rotatable bonds is 5. The first-order valence-electron chi connectivity index (χ1n) is 11.1. The van der Waals surface area contributed by atoms with Gasteiger partial charge >= 0.3 is 0 Å². The number of aryl methyl sites for hydroxylation is 1. The van der Waals surface area contributed by atoms with Crippen molar-refractivity contribution in [3.05, 3.63) is 64.7 Å². The maximum absolute atomic E-state index is 13.2. The normalized spacial score (nSPS) is 21.0. The largest absolute Gasteiger partial charge is 0.508 e. The molecule has 1 heterocycles. The number of ether oxygens (including phenoxy) is 1. The van der Waals surface area contributed by atoms with E-state index in [1.807, 2.05) is 20.8 Å². The molecule has 32 heavy (non-hydrogen) atoms. The number of likely N-dealkylation sites (tertiary alicyclic amines) is 1. The smallest absolute Gasteiger partial charge is 0.295 e. The molecule has 1 atom stereocenters. The van der Waals surface area contributed by atoms with E-state index in [9.17, 15) is 19.8 Å². The van der Waals surface area contributed by atoms with Gasteiger partial charge in [0.15, 0.2) is 0 Å². The number of ketones is 1. The average molecular weight is 436 g/mol. The van der Waals surface area contributed by atoms with Crippen LogP contribution in [0.15, 0.2) is 48.0 Å². The molecule has 0 spiro atoms. The van der Waals surface area contributed by atoms with E-state index in [1.54, 1.807) is 47.4 Å². The van der Waals surface area contributed by atoms with Gasteiger partial charge in [0.2, 0.25) is 0 Å². The first kappa shape index (κ1) is 21.9. The molecule has 168 valence electrons. The van der Waals surface area contributed by atoms with E-state index in [-0.39, 0.29) is 29.2 Å². The molecule has 2 fully saturated rings. The van der Waals surface area contributed by atoms with Gasteiger partial charge in [-0.1, -0.05) is 25.0 Å². The molecular formula is C26H29NO5. The molecule has 0 bridgehead atoms. The minimum atomic E-state index is -0.739. The lowest BCUT2D eigenvalue weighted by Gasteiger charge is -2.30. The second kappa shape index (κ2) is 8.69. The zero-order valence-corrected chi connectivity index (χ0v) is 18.7. The lowest BCUT2D eigenvalue weighted by atomic mass is 9.94. The second-order valence-corrected chi connectivity index (χ2v) is 8.89. The lowest BCUT2D eigenvalue weighted by molar-refractivity contribution is -0.141. The van der Waals surface area contributed by atoms with E-state index in [4.69, 9.17) is 4.74 Å². The fourth-order valence-electron chi connectivity index (χ4n) is 4.77. The Balaban J connectivity index is 1.84. The Morgan fingerprint density at radius 3 is 2.44 bits per heavy atom. The van der Waals surface area contributed by atoms with Gasteiger partial charge in [0.25, 0.3) is 11.7 Å². The van der Waals surface area contributed by atoms with E-state index in [1.165, 1.54) is 0 Å². The molecule has 1 saturated carbocycles. The molecule has 4 rings (SSSR count). The molecule has 6 nitrogen and oxygen atoms in total. The molecule has 1 aliphatic heterocycles. The summed E-state index contributed by atoms with van der Waals surface area (Å²) in [5.74, 6) is -0.749. The molecule has 0 aromatic heterocycles. The van der Waals surface area contributed by atoms with Gasteiger partial charge in [-0.2, -0.15) is 0 Å². The van der Waals surface area contributed by atoms with Crippen molar-refractivity contribution in [2.45, 2.75) is 64.6 Å². The number of phenols is 1. The highest BCUT2D eigenvalue weighted by Gasteiger charge is 2.49. The van der Waals surface area contributed by atoms with Crippen LogP contribution in [0.25, 0.3) is 5.76 Å². The van der Waals surface area contributed by atoms with E-state index >= 15 is 0 Å². The van der Waals surface area contributed by atoms with Gasteiger partial charge in [-0.25, -0.2) is 0 Å². The van der Waals surface area contributed by atoms with E-state index in [0.29, 0.717) is 16.9 Å². The molecule has 1 saturated heterocycles. The lowest BCUT2D eigenvalue weighted by Crippen LogP contribution is -2.37. The van der Waals surface area contributed by atoms with Crippen LogP contribution in [0.2, 0.25) is 0 Å². The Bertz CT molecular complexity index is 1080. The van der Waals surface area contributed by atoms with Gasteiger partial charge < -0.3 is 19.8 Å². The van der Waals surface area contributed by atoms with Crippen molar-refractivity contribution in [1.82, 2.24) is 4.90 Å². The summed E-state index contributed by atoms with van der Waals surface area (Å²) in [6.07, 6.45) is 3.65. The van der Waals surface area contributed by atoms with Crippen LogP contribution in [-0.2, 0) is 9.59 Å². The number of carbonyl (C=O) groups is 2. The SMILES string of the molecule is Cc1cc(/C(O)=C2/C(=O)C(=O)N(C3CCCC3)C2c2cccc(O)c2)ccc1OC(C)C. The molecule has 6 heteroatoms. The van der Waals surface area contributed by atoms with Crippen LogP contribution in [0.3, 0.4) is 0 Å². The topological polar surface area (TPSA) is 87.1 Å². The number of aliphatic hydroxyl groups excluding tert-OH is 1. The number of nitrogens with zero attached hydrogens (tertiary/aromatic N) is 1. The minimum Gasteiger partial charge on any atom is -0.508 e. The number of Topliss-reactive ketones (excluding diaryl/α,β-unsaturated/α-hetero) is 1. The first-order valence-corrected chi connectivity index (χ1v) is 11.1. The molecular weight excluding hydrogens is 406 g/mol. The predicted molar refractivity (Wildman–Crippen MR) is 121 cm³/mol. The third-order valence-corrected chi connectivity index (χ3v) is 6.20. The molecule has 2 aromatic carbocycles. The number of hydrogen-bond donors (Lipinski definition) is 2. The van der Waals surface area contributed by atoms with Crippen molar-refractivity contribution in [3.8, 4) is 11.5 Å². The van der Waals surface area contributed by atoms with Crippen molar-refractivity contribution in [3.63, 3.8) is 0 Å². The summed E-state index contributed by atoms with van der Waals surface area (Å²) in [7, 11) is 0. The van der Waals surface area contributed by atoms with Crippen molar-refractivity contribution in [2.24, 2.45) is 0 Å². The van der Waals surface area contributed by atoms with E-state index in [0.717, 1.165) is 31.2 Å². The molecule has 2 aliphatic rings. The maximum atomic E-state index is 13.2. The second-order valence-electron chi connectivity index (χ2n) is 8.89. The fraction of sp³-hybridized carbons (Fsp3) is 0.385. The maximum Gasteiger partial charge on any atom is 0.295 e. The Kier molecular flexibility index (Phi) is 5.96. The number of benzene rings is 2. The summed E-state index contributed by atoms with van der Waals surface area (Å²) in [4.78, 5) is 27.9. The Hall–Kier alpha value is -3.28.